The summed E-state index contributed by atoms with van der Waals surface area (Å²) in [5.74, 6) is -1.78. The number of hydrogen-bond acceptors (Lipinski definition) is 5. The van der Waals surface area contributed by atoms with E-state index in [4.69, 9.17) is 9.31 Å². The summed E-state index contributed by atoms with van der Waals surface area (Å²) < 4.78 is 53.3. The fourth-order valence-electron chi connectivity index (χ4n) is 4.21. The maximum Gasteiger partial charge on any atom is 0.494 e. The highest BCUT2D eigenvalue weighted by atomic mass is 19.4. The number of nitrogens with zero attached hydrogens (tertiary/aromatic N) is 1. The molecule has 0 aromatic heterocycles. The molecule has 3 aliphatic rings. The Morgan fingerprint density at radius 2 is 1.57 bits per heavy atom. The van der Waals surface area contributed by atoms with Crippen LogP contribution in [0.1, 0.15) is 73.7 Å². The minimum Gasteiger partial charge on any atom is -0.399 e. The Morgan fingerprint density at radius 1 is 1.03 bits per heavy atom. The number of alkyl halides is 3. The minimum absolute atomic E-state index is 0.0309. The van der Waals surface area contributed by atoms with Gasteiger partial charge in [-0.05, 0) is 65.1 Å². The smallest absolute Gasteiger partial charge is 0.399 e. The van der Waals surface area contributed by atoms with Crippen LogP contribution in [-0.4, -0.2) is 51.8 Å². The lowest BCUT2D eigenvalue weighted by Gasteiger charge is -2.44. The molecule has 1 aliphatic carbocycles. The van der Waals surface area contributed by atoms with Gasteiger partial charge in [-0.3, -0.25) is 14.5 Å². The normalized spacial score (nSPS) is 30.0. The number of imide groups is 1. The summed E-state index contributed by atoms with van der Waals surface area (Å²) in [7, 11) is -1.11. The second kappa shape index (κ2) is 6.08. The molecule has 0 unspecified atom stereocenters. The second-order valence-electron chi connectivity index (χ2n) is 9.62. The number of rotatable bonds is 2. The van der Waals surface area contributed by atoms with Crippen LogP contribution in [0.25, 0.3) is 0 Å². The maximum absolute atomic E-state index is 13.9. The summed E-state index contributed by atoms with van der Waals surface area (Å²) in [6.45, 7) is 8.63. The van der Waals surface area contributed by atoms with E-state index in [0.29, 0.717) is 0 Å². The van der Waals surface area contributed by atoms with Gasteiger partial charge in [0.05, 0.1) is 33.5 Å². The summed E-state index contributed by atoms with van der Waals surface area (Å²) >= 11 is 0. The zero-order valence-corrected chi connectivity index (χ0v) is 17.4. The van der Waals surface area contributed by atoms with E-state index in [9.17, 15) is 27.9 Å². The van der Waals surface area contributed by atoms with Gasteiger partial charge >= 0.3 is 13.3 Å². The quantitative estimate of drug-likeness (QED) is 0.582. The van der Waals surface area contributed by atoms with E-state index >= 15 is 0 Å². The Labute approximate surface area is 172 Å². The van der Waals surface area contributed by atoms with Crippen molar-refractivity contribution in [3.8, 4) is 0 Å². The van der Waals surface area contributed by atoms with Crippen molar-refractivity contribution in [1.82, 2.24) is 4.90 Å². The molecule has 4 rings (SSSR count). The zero-order chi connectivity index (χ0) is 22.4. The molecule has 2 heterocycles. The molecule has 0 atom stereocenters. The average molecular weight is 425 g/mol. The van der Waals surface area contributed by atoms with Crippen molar-refractivity contribution in [3.05, 3.63) is 28.8 Å². The summed E-state index contributed by atoms with van der Waals surface area (Å²) in [6, 6.07) is 1.45. The molecule has 162 valence electrons. The molecular formula is C20H23BF3NO5. The fourth-order valence-corrected chi connectivity index (χ4v) is 4.21. The first-order valence-electron chi connectivity index (χ1n) is 9.75. The third kappa shape index (κ3) is 3.08. The van der Waals surface area contributed by atoms with Crippen LogP contribution in [0.5, 0.6) is 0 Å². The minimum atomic E-state index is -4.85. The Morgan fingerprint density at radius 3 is 2.03 bits per heavy atom. The van der Waals surface area contributed by atoms with E-state index < -0.39 is 59.1 Å². The van der Waals surface area contributed by atoms with Gasteiger partial charge in [0.2, 0.25) is 0 Å². The van der Waals surface area contributed by atoms with E-state index in [0.717, 1.165) is 11.0 Å². The highest BCUT2D eigenvalue weighted by molar-refractivity contribution is 6.62. The summed E-state index contributed by atoms with van der Waals surface area (Å²) in [6.07, 6.45) is -4.59. The van der Waals surface area contributed by atoms with Gasteiger partial charge in [0, 0.05) is 6.04 Å². The first-order chi connectivity index (χ1) is 13.5. The van der Waals surface area contributed by atoms with Gasteiger partial charge in [-0.15, -0.1) is 0 Å². The fraction of sp³-hybridized carbons (Fsp3) is 0.600. The molecule has 1 aromatic rings. The van der Waals surface area contributed by atoms with E-state index in [1.807, 2.05) is 0 Å². The second-order valence-corrected chi connectivity index (χ2v) is 9.62. The van der Waals surface area contributed by atoms with Crippen LogP contribution < -0.4 is 5.46 Å². The van der Waals surface area contributed by atoms with Crippen molar-refractivity contribution in [1.29, 1.82) is 0 Å². The largest absolute Gasteiger partial charge is 0.494 e. The molecule has 0 bridgehead atoms. The molecule has 1 aromatic carbocycles. The predicted molar refractivity (Wildman–Crippen MR) is 101 cm³/mol. The third-order valence-electron chi connectivity index (χ3n) is 6.59. The molecule has 2 amide bonds. The molecule has 0 radical (unpaired) electrons. The number of benzene rings is 1. The van der Waals surface area contributed by atoms with Gasteiger partial charge in [-0.2, -0.15) is 13.2 Å². The molecular weight excluding hydrogens is 402 g/mol. The molecule has 6 nitrogen and oxygen atoms in total. The summed E-state index contributed by atoms with van der Waals surface area (Å²) in [5, 5.41) is 9.94. The van der Waals surface area contributed by atoms with Crippen molar-refractivity contribution in [2.24, 2.45) is 0 Å². The number of halogens is 3. The lowest BCUT2D eigenvalue weighted by molar-refractivity contribution is -0.138. The highest BCUT2D eigenvalue weighted by Crippen LogP contribution is 2.43. The Hall–Kier alpha value is -1.91. The van der Waals surface area contributed by atoms with E-state index in [-0.39, 0.29) is 23.9 Å². The lowest BCUT2D eigenvalue weighted by atomic mass is 9.76. The van der Waals surface area contributed by atoms with Crippen molar-refractivity contribution in [2.45, 2.75) is 76.5 Å². The van der Waals surface area contributed by atoms with Gasteiger partial charge in [0.15, 0.2) is 0 Å². The standard InChI is InChI=1S/C20H23BF3NO5/c1-17(2)18(3,4)30-21(29-17)10-6-12-14(13(7-10)20(22,23)24)16(27)25(15(12)26)11-8-19(5,28)9-11/h6-7,11,28H,8-9H2,1-5H3. The van der Waals surface area contributed by atoms with Crippen molar-refractivity contribution in [3.63, 3.8) is 0 Å². The van der Waals surface area contributed by atoms with Crippen LogP contribution in [0, 0.1) is 0 Å². The number of amides is 2. The van der Waals surface area contributed by atoms with Gasteiger partial charge in [0.25, 0.3) is 11.8 Å². The first-order valence-corrected chi connectivity index (χ1v) is 9.75. The van der Waals surface area contributed by atoms with Crippen LogP contribution in [0.15, 0.2) is 12.1 Å². The average Bonchev–Trinajstić information content (AvgIpc) is 2.93. The Kier molecular flexibility index (Phi) is 4.32. The lowest BCUT2D eigenvalue weighted by Crippen LogP contribution is -2.55. The molecule has 1 N–H and O–H groups in total. The Bertz CT molecular complexity index is 932. The molecule has 0 spiro atoms. The number of hydrogen-bond donors (Lipinski definition) is 1. The third-order valence-corrected chi connectivity index (χ3v) is 6.59. The summed E-state index contributed by atoms with van der Waals surface area (Å²) in [5.41, 5.74) is -4.72. The van der Waals surface area contributed by atoms with Crippen molar-refractivity contribution >= 4 is 24.4 Å². The van der Waals surface area contributed by atoms with Crippen LogP contribution in [0.3, 0.4) is 0 Å². The zero-order valence-electron chi connectivity index (χ0n) is 17.4. The molecule has 1 saturated heterocycles. The van der Waals surface area contributed by atoms with Gasteiger partial charge in [-0.1, -0.05) is 0 Å². The monoisotopic (exact) mass is 425 g/mol. The summed E-state index contributed by atoms with van der Waals surface area (Å²) in [4.78, 5) is 26.6. The number of fused-ring (bicyclic) bond motifs is 1. The number of carbonyl (C=O) groups is 2. The van der Waals surface area contributed by atoms with Crippen molar-refractivity contribution < 1.29 is 37.2 Å². The molecule has 10 heteroatoms. The maximum atomic E-state index is 13.9. The molecule has 2 aliphatic heterocycles. The van der Waals surface area contributed by atoms with Gasteiger partial charge in [0.1, 0.15) is 0 Å². The van der Waals surface area contributed by atoms with Gasteiger partial charge < -0.3 is 14.4 Å². The molecule has 2 fully saturated rings. The number of carbonyl (C=O) groups excluding carboxylic acids is 2. The molecule has 1 saturated carbocycles. The van der Waals surface area contributed by atoms with Crippen LogP contribution >= 0.6 is 0 Å². The SMILES string of the molecule is CC1(O)CC(N2C(=O)c3cc(B4OC(C)(C)C(C)(C)O4)cc(C(F)(F)F)c3C2=O)C1. The predicted octanol–water partition coefficient (Wildman–Crippen LogP) is 2.51. The topological polar surface area (TPSA) is 76.1 Å². The Balaban J connectivity index is 1.78. The number of aliphatic hydroxyl groups is 1. The van der Waals surface area contributed by atoms with Crippen LogP contribution in [0.4, 0.5) is 13.2 Å². The molecule has 30 heavy (non-hydrogen) atoms. The van der Waals surface area contributed by atoms with E-state index in [1.165, 1.54) is 6.07 Å². The van der Waals surface area contributed by atoms with Gasteiger partial charge in [-0.25, -0.2) is 0 Å². The van der Waals surface area contributed by atoms with Crippen LogP contribution in [0.2, 0.25) is 0 Å². The highest BCUT2D eigenvalue weighted by Gasteiger charge is 2.55. The van der Waals surface area contributed by atoms with Crippen molar-refractivity contribution in [2.75, 3.05) is 0 Å². The van der Waals surface area contributed by atoms with E-state index in [2.05, 4.69) is 0 Å². The van der Waals surface area contributed by atoms with E-state index in [1.54, 1.807) is 34.6 Å². The first kappa shape index (κ1) is 21.3. The van der Waals surface area contributed by atoms with Crippen LogP contribution in [-0.2, 0) is 15.5 Å².